The van der Waals surface area contributed by atoms with Crippen molar-refractivity contribution in [2.75, 3.05) is 11.5 Å². The van der Waals surface area contributed by atoms with E-state index in [2.05, 4.69) is 0 Å². The molecule has 3 heteroatoms. The van der Waals surface area contributed by atoms with Crippen LogP contribution in [0.4, 0.5) is 0 Å². The van der Waals surface area contributed by atoms with E-state index in [1.807, 2.05) is 6.92 Å². The van der Waals surface area contributed by atoms with E-state index in [0.29, 0.717) is 5.75 Å². The fourth-order valence-electron chi connectivity index (χ4n) is 0.401. The van der Waals surface area contributed by atoms with E-state index in [4.69, 9.17) is 5.73 Å². The molecule has 0 rings (SSSR count). The number of rotatable bonds is 5. The summed E-state index contributed by atoms with van der Waals surface area (Å²) in [5.74, 6) is 1.60. The zero-order valence-electron chi connectivity index (χ0n) is 5.67. The molecule has 0 radical (unpaired) electrons. The third-order valence-electron chi connectivity index (χ3n) is 0.903. The minimum absolute atomic E-state index is 0.268. The van der Waals surface area contributed by atoms with Crippen LogP contribution in [0.25, 0.3) is 0 Å². The smallest absolute Gasteiger partial charge is 0.129 e. The normalized spacial score (nSPS) is 13.1. The van der Waals surface area contributed by atoms with Crippen molar-refractivity contribution in [2.45, 2.75) is 19.4 Å². The molecule has 0 spiro atoms. The standard InChI is InChI=1S/C6H13NOS/c1-6(7)2-4-9-5-3-8/h3,6H,2,4-5,7H2,1H3. The van der Waals surface area contributed by atoms with Gasteiger partial charge >= 0.3 is 0 Å². The van der Waals surface area contributed by atoms with E-state index in [1.54, 1.807) is 11.8 Å². The van der Waals surface area contributed by atoms with Crippen LogP contribution in [-0.4, -0.2) is 23.8 Å². The summed E-state index contributed by atoms with van der Waals surface area (Å²) in [5, 5.41) is 0. The quantitative estimate of drug-likeness (QED) is 0.459. The minimum atomic E-state index is 0.268. The van der Waals surface area contributed by atoms with Crippen molar-refractivity contribution in [1.29, 1.82) is 0 Å². The van der Waals surface area contributed by atoms with Gasteiger partial charge in [0.25, 0.3) is 0 Å². The summed E-state index contributed by atoms with van der Waals surface area (Å²) >= 11 is 1.63. The Morgan fingerprint density at radius 3 is 2.89 bits per heavy atom. The number of thioether (sulfide) groups is 1. The fraction of sp³-hybridized carbons (Fsp3) is 0.833. The van der Waals surface area contributed by atoms with Gasteiger partial charge in [0.1, 0.15) is 6.29 Å². The third kappa shape index (κ3) is 7.98. The zero-order valence-corrected chi connectivity index (χ0v) is 6.49. The van der Waals surface area contributed by atoms with Crippen LogP contribution in [-0.2, 0) is 4.79 Å². The number of carbonyl (C=O) groups excluding carboxylic acids is 1. The van der Waals surface area contributed by atoms with Crippen LogP contribution < -0.4 is 5.73 Å². The lowest BCUT2D eigenvalue weighted by Gasteiger charge is -2.00. The average molecular weight is 147 g/mol. The van der Waals surface area contributed by atoms with Crippen LogP contribution >= 0.6 is 11.8 Å². The summed E-state index contributed by atoms with van der Waals surface area (Å²) in [7, 11) is 0. The third-order valence-corrected chi connectivity index (χ3v) is 1.80. The first-order valence-corrected chi connectivity index (χ1v) is 4.19. The van der Waals surface area contributed by atoms with Crippen molar-refractivity contribution in [1.82, 2.24) is 0 Å². The maximum atomic E-state index is 9.80. The molecular formula is C6H13NOS. The molecule has 0 aliphatic heterocycles. The predicted molar refractivity (Wildman–Crippen MR) is 41.7 cm³/mol. The van der Waals surface area contributed by atoms with Crippen LogP contribution in [0, 0.1) is 0 Å². The number of hydrogen-bond acceptors (Lipinski definition) is 3. The zero-order chi connectivity index (χ0) is 7.11. The van der Waals surface area contributed by atoms with Gasteiger partial charge in [-0.1, -0.05) is 0 Å². The van der Waals surface area contributed by atoms with Gasteiger partial charge in [-0.15, -0.1) is 0 Å². The van der Waals surface area contributed by atoms with Gasteiger partial charge in [0.2, 0.25) is 0 Å². The second-order valence-corrected chi connectivity index (χ2v) is 3.16. The van der Waals surface area contributed by atoms with Crippen LogP contribution in [0.1, 0.15) is 13.3 Å². The molecule has 2 nitrogen and oxygen atoms in total. The number of aldehydes is 1. The second-order valence-electron chi connectivity index (χ2n) is 2.01. The maximum Gasteiger partial charge on any atom is 0.129 e. The van der Waals surface area contributed by atoms with Gasteiger partial charge in [0.15, 0.2) is 0 Å². The average Bonchev–Trinajstić information content (AvgIpc) is 1.80. The van der Waals surface area contributed by atoms with E-state index in [-0.39, 0.29) is 6.04 Å². The molecule has 1 atom stereocenters. The fourth-order valence-corrected chi connectivity index (χ4v) is 1.20. The highest BCUT2D eigenvalue weighted by atomic mass is 32.2. The summed E-state index contributed by atoms with van der Waals surface area (Å²) in [6.07, 6.45) is 1.92. The highest BCUT2D eigenvalue weighted by Crippen LogP contribution is 2.00. The van der Waals surface area contributed by atoms with E-state index < -0.39 is 0 Å². The largest absolute Gasteiger partial charge is 0.328 e. The Morgan fingerprint density at radius 2 is 2.44 bits per heavy atom. The molecule has 54 valence electrons. The van der Waals surface area contributed by atoms with Crippen molar-refractivity contribution in [3.05, 3.63) is 0 Å². The predicted octanol–water partition coefficient (Wildman–Crippen LogP) is 0.656. The van der Waals surface area contributed by atoms with E-state index in [9.17, 15) is 4.79 Å². The number of hydrogen-bond donors (Lipinski definition) is 1. The molecule has 0 saturated heterocycles. The first-order valence-electron chi connectivity index (χ1n) is 3.04. The van der Waals surface area contributed by atoms with Crippen molar-refractivity contribution in [2.24, 2.45) is 5.73 Å². The maximum absolute atomic E-state index is 9.80. The van der Waals surface area contributed by atoms with Gasteiger partial charge in [0.05, 0.1) is 0 Å². The second kappa shape index (κ2) is 6.11. The minimum Gasteiger partial charge on any atom is -0.328 e. The topological polar surface area (TPSA) is 43.1 Å². The Bertz CT molecular complexity index is 75.5. The van der Waals surface area contributed by atoms with Crippen molar-refractivity contribution < 1.29 is 4.79 Å². The molecule has 0 aromatic heterocycles. The molecular weight excluding hydrogens is 134 g/mol. The first-order chi connectivity index (χ1) is 4.27. The molecule has 0 amide bonds. The van der Waals surface area contributed by atoms with Gasteiger partial charge in [-0.2, -0.15) is 11.8 Å². The van der Waals surface area contributed by atoms with Crippen LogP contribution in [0.5, 0.6) is 0 Å². The molecule has 0 fully saturated rings. The molecule has 1 unspecified atom stereocenters. The lowest BCUT2D eigenvalue weighted by molar-refractivity contribution is -0.105. The molecule has 0 bridgehead atoms. The summed E-state index contributed by atoms with van der Waals surface area (Å²) < 4.78 is 0. The Balaban J connectivity index is 2.82. The van der Waals surface area contributed by atoms with Crippen molar-refractivity contribution in [3.63, 3.8) is 0 Å². The monoisotopic (exact) mass is 147 g/mol. The first kappa shape index (κ1) is 8.98. The molecule has 0 heterocycles. The molecule has 9 heavy (non-hydrogen) atoms. The molecule has 0 aromatic rings. The van der Waals surface area contributed by atoms with E-state index >= 15 is 0 Å². The highest BCUT2D eigenvalue weighted by Gasteiger charge is 1.92. The van der Waals surface area contributed by atoms with Gasteiger partial charge < -0.3 is 10.5 Å². The lowest BCUT2D eigenvalue weighted by atomic mass is 10.3. The van der Waals surface area contributed by atoms with E-state index in [1.165, 1.54) is 0 Å². The molecule has 0 aliphatic rings. The summed E-state index contributed by atoms with van der Waals surface area (Å²) in [4.78, 5) is 9.80. The lowest BCUT2D eigenvalue weighted by Crippen LogP contribution is -2.15. The van der Waals surface area contributed by atoms with Crippen molar-refractivity contribution in [3.8, 4) is 0 Å². The molecule has 2 N–H and O–H groups in total. The SMILES string of the molecule is CC(N)CCSCC=O. The molecule has 0 saturated carbocycles. The summed E-state index contributed by atoms with van der Waals surface area (Å²) in [6.45, 7) is 1.97. The van der Waals surface area contributed by atoms with Gasteiger partial charge in [-0.05, 0) is 19.1 Å². The number of carbonyl (C=O) groups is 1. The van der Waals surface area contributed by atoms with Gasteiger partial charge in [-0.25, -0.2) is 0 Å². The Labute approximate surface area is 60.2 Å². The highest BCUT2D eigenvalue weighted by molar-refractivity contribution is 7.99. The summed E-state index contributed by atoms with van der Waals surface area (Å²) in [5.41, 5.74) is 5.47. The molecule has 0 aliphatic carbocycles. The van der Waals surface area contributed by atoms with Crippen LogP contribution in [0.15, 0.2) is 0 Å². The van der Waals surface area contributed by atoms with Crippen molar-refractivity contribution >= 4 is 18.0 Å². The Morgan fingerprint density at radius 1 is 1.78 bits per heavy atom. The van der Waals surface area contributed by atoms with Crippen LogP contribution in [0.2, 0.25) is 0 Å². The van der Waals surface area contributed by atoms with Gasteiger partial charge in [0, 0.05) is 11.8 Å². The molecule has 0 aromatic carbocycles. The Kier molecular flexibility index (Phi) is 6.09. The van der Waals surface area contributed by atoms with Gasteiger partial charge in [-0.3, -0.25) is 0 Å². The van der Waals surface area contributed by atoms with Crippen LogP contribution in [0.3, 0.4) is 0 Å². The van der Waals surface area contributed by atoms with E-state index in [0.717, 1.165) is 18.5 Å². The number of nitrogens with two attached hydrogens (primary N) is 1. The summed E-state index contributed by atoms with van der Waals surface area (Å²) in [6, 6.07) is 0.268. The Hall–Kier alpha value is -0.0200.